The second kappa shape index (κ2) is 10.4. The largest absolute Gasteiger partial charge is 0.494 e. The van der Waals surface area contributed by atoms with E-state index < -0.39 is 0 Å². The van der Waals surface area contributed by atoms with Crippen LogP contribution in [0.15, 0.2) is 18.2 Å². The van der Waals surface area contributed by atoms with Crippen molar-refractivity contribution < 1.29 is 14.3 Å². The smallest absolute Gasteiger partial charge is 0.226 e. The van der Waals surface area contributed by atoms with Crippen LogP contribution in [0.5, 0.6) is 5.75 Å². The van der Waals surface area contributed by atoms with Crippen LogP contribution in [-0.4, -0.2) is 79.9 Å². The Morgan fingerprint density at radius 1 is 1.22 bits per heavy atom. The Balaban J connectivity index is 1.29. The van der Waals surface area contributed by atoms with Gasteiger partial charge in [0.2, 0.25) is 11.9 Å². The molecule has 2 fully saturated rings. The van der Waals surface area contributed by atoms with E-state index in [1.165, 1.54) is 0 Å². The van der Waals surface area contributed by atoms with Crippen LogP contribution >= 0.6 is 0 Å². The van der Waals surface area contributed by atoms with Crippen molar-refractivity contribution in [2.24, 2.45) is 5.92 Å². The SMILES string of the molecule is CCOc1ccc2nc(N3CCC(NCC4CC(=O)N(CCOC)C4)CC3)nc(C)c2c1. The molecule has 8 nitrogen and oxygen atoms in total. The normalized spacial score (nSPS) is 19.8. The molecule has 1 atom stereocenters. The van der Waals surface area contributed by atoms with E-state index in [0.717, 1.165) is 67.3 Å². The zero-order valence-corrected chi connectivity index (χ0v) is 19.5. The van der Waals surface area contributed by atoms with Crippen LogP contribution in [-0.2, 0) is 9.53 Å². The number of carbonyl (C=O) groups excluding carboxylic acids is 1. The number of rotatable bonds is 9. The number of ether oxygens (including phenoxy) is 2. The number of hydrogen-bond acceptors (Lipinski definition) is 7. The van der Waals surface area contributed by atoms with Crippen molar-refractivity contribution in [2.75, 3.05) is 57.9 Å². The van der Waals surface area contributed by atoms with Gasteiger partial charge in [-0.15, -0.1) is 0 Å². The number of aromatic nitrogens is 2. The van der Waals surface area contributed by atoms with Crippen molar-refractivity contribution >= 4 is 22.8 Å². The first-order valence-electron chi connectivity index (χ1n) is 11.7. The van der Waals surface area contributed by atoms with Gasteiger partial charge in [0.05, 0.1) is 24.4 Å². The van der Waals surface area contributed by atoms with Crippen molar-refractivity contribution in [3.8, 4) is 5.75 Å². The van der Waals surface area contributed by atoms with Crippen molar-refractivity contribution in [1.82, 2.24) is 20.2 Å². The molecule has 2 aliphatic heterocycles. The van der Waals surface area contributed by atoms with Gasteiger partial charge < -0.3 is 24.6 Å². The van der Waals surface area contributed by atoms with Gasteiger partial charge in [0, 0.05) is 57.7 Å². The summed E-state index contributed by atoms with van der Waals surface area (Å²) < 4.78 is 10.7. The molecule has 2 saturated heterocycles. The Kier molecular flexibility index (Phi) is 7.42. The highest BCUT2D eigenvalue weighted by atomic mass is 16.5. The summed E-state index contributed by atoms with van der Waals surface area (Å²) in [5, 5.41) is 4.74. The molecule has 0 bridgehead atoms. The van der Waals surface area contributed by atoms with Gasteiger partial charge in [-0.25, -0.2) is 9.97 Å². The lowest BCUT2D eigenvalue weighted by Crippen LogP contribution is -2.44. The molecule has 1 aromatic carbocycles. The van der Waals surface area contributed by atoms with E-state index in [9.17, 15) is 4.79 Å². The molecular weight excluding hydrogens is 406 g/mol. The van der Waals surface area contributed by atoms with Crippen LogP contribution in [0.25, 0.3) is 10.9 Å². The summed E-state index contributed by atoms with van der Waals surface area (Å²) in [6.07, 6.45) is 2.75. The minimum absolute atomic E-state index is 0.251. The Hall–Kier alpha value is -2.45. The Morgan fingerprint density at radius 3 is 2.78 bits per heavy atom. The third-order valence-electron chi connectivity index (χ3n) is 6.49. The summed E-state index contributed by atoms with van der Waals surface area (Å²) in [5.41, 5.74) is 1.94. The van der Waals surface area contributed by atoms with Crippen LogP contribution in [0.4, 0.5) is 5.95 Å². The average molecular weight is 442 g/mol. The minimum Gasteiger partial charge on any atom is -0.494 e. The van der Waals surface area contributed by atoms with Crippen molar-refractivity contribution in [3.05, 3.63) is 23.9 Å². The first kappa shape index (κ1) is 22.7. The fourth-order valence-corrected chi connectivity index (χ4v) is 4.67. The quantitative estimate of drug-likeness (QED) is 0.640. The van der Waals surface area contributed by atoms with Gasteiger partial charge in [0.25, 0.3) is 0 Å². The molecular formula is C24H35N5O3. The van der Waals surface area contributed by atoms with Gasteiger partial charge in [-0.1, -0.05) is 0 Å². The minimum atomic E-state index is 0.251. The highest BCUT2D eigenvalue weighted by Gasteiger charge is 2.30. The number of nitrogens with zero attached hydrogens (tertiary/aromatic N) is 4. The Bertz CT molecular complexity index is 929. The molecule has 0 radical (unpaired) electrons. The molecule has 8 heteroatoms. The van der Waals surface area contributed by atoms with Gasteiger partial charge >= 0.3 is 0 Å². The van der Waals surface area contributed by atoms with Crippen LogP contribution < -0.4 is 15.0 Å². The van der Waals surface area contributed by atoms with E-state index in [1.807, 2.05) is 36.9 Å². The molecule has 4 rings (SSSR count). The summed E-state index contributed by atoms with van der Waals surface area (Å²) in [6, 6.07) is 6.50. The number of methoxy groups -OCH3 is 1. The van der Waals surface area contributed by atoms with Crippen LogP contribution in [0.2, 0.25) is 0 Å². The van der Waals surface area contributed by atoms with Crippen LogP contribution in [0.3, 0.4) is 0 Å². The molecule has 2 aliphatic rings. The summed E-state index contributed by atoms with van der Waals surface area (Å²) in [7, 11) is 1.68. The number of anilines is 1. The molecule has 0 spiro atoms. The van der Waals surface area contributed by atoms with E-state index in [2.05, 4.69) is 10.2 Å². The monoisotopic (exact) mass is 441 g/mol. The van der Waals surface area contributed by atoms with E-state index >= 15 is 0 Å². The number of amides is 1. The standard InChI is InChI=1S/C24H35N5O3/c1-4-32-20-5-6-22-21(14-20)17(2)26-24(27-22)28-9-7-19(8-10-28)25-15-18-13-23(30)29(16-18)11-12-31-3/h5-6,14,18-19,25H,4,7-13,15-16H2,1-3H3. The topological polar surface area (TPSA) is 79.8 Å². The number of fused-ring (bicyclic) bond motifs is 1. The fraction of sp³-hybridized carbons (Fsp3) is 0.625. The molecule has 1 unspecified atom stereocenters. The molecule has 32 heavy (non-hydrogen) atoms. The molecule has 174 valence electrons. The number of benzene rings is 1. The maximum Gasteiger partial charge on any atom is 0.226 e. The van der Waals surface area contributed by atoms with Crippen molar-refractivity contribution in [3.63, 3.8) is 0 Å². The van der Waals surface area contributed by atoms with E-state index in [0.29, 0.717) is 38.1 Å². The number of likely N-dealkylation sites (tertiary alicyclic amines) is 1. The zero-order chi connectivity index (χ0) is 22.5. The Morgan fingerprint density at radius 2 is 2.03 bits per heavy atom. The molecule has 0 saturated carbocycles. The predicted molar refractivity (Wildman–Crippen MR) is 125 cm³/mol. The molecule has 1 amide bonds. The fourth-order valence-electron chi connectivity index (χ4n) is 4.67. The van der Waals surface area contributed by atoms with Gasteiger partial charge in [-0.2, -0.15) is 0 Å². The van der Waals surface area contributed by atoms with Gasteiger partial charge in [0.1, 0.15) is 5.75 Å². The van der Waals surface area contributed by atoms with Gasteiger partial charge in [0.15, 0.2) is 0 Å². The third-order valence-corrected chi connectivity index (χ3v) is 6.49. The number of aryl methyl sites for hydroxylation is 1. The van der Waals surface area contributed by atoms with Crippen molar-refractivity contribution in [2.45, 2.75) is 39.2 Å². The Labute approximate surface area is 190 Å². The highest BCUT2D eigenvalue weighted by molar-refractivity contribution is 5.83. The first-order chi connectivity index (χ1) is 15.6. The zero-order valence-electron chi connectivity index (χ0n) is 19.5. The molecule has 3 heterocycles. The summed E-state index contributed by atoms with van der Waals surface area (Å²) in [4.78, 5) is 25.9. The summed E-state index contributed by atoms with van der Waals surface area (Å²) >= 11 is 0. The van der Waals surface area contributed by atoms with Crippen molar-refractivity contribution in [1.29, 1.82) is 0 Å². The highest BCUT2D eigenvalue weighted by Crippen LogP contribution is 2.25. The number of nitrogens with one attached hydrogen (secondary N) is 1. The first-order valence-corrected chi connectivity index (χ1v) is 11.7. The second-order valence-electron chi connectivity index (χ2n) is 8.79. The lowest BCUT2D eigenvalue weighted by molar-refractivity contribution is -0.128. The molecule has 2 aromatic rings. The number of hydrogen-bond donors (Lipinski definition) is 1. The maximum atomic E-state index is 12.1. The third kappa shape index (κ3) is 5.30. The van der Waals surface area contributed by atoms with Crippen LogP contribution in [0, 0.1) is 12.8 Å². The number of piperidine rings is 1. The molecule has 1 aromatic heterocycles. The van der Waals surface area contributed by atoms with E-state index in [-0.39, 0.29) is 5.91 Å². The number of carbonyl (C=O) groups is 1. The maximum absolute atomic E-state index is 12.1. The molecule has 1 N–H and O–H groups in total. The lowest BCUT2D eigenvalue weighted by atomic mass is 10.0. The summed E-state index contributed by atoms with van der Waals surface area (Å²) in [6.45, 7) is 9.58. The van der Waals surface area contributed by atoms with E-state index in [1.54, 1.807) is 7.11 Å². The van der Waals surface area contributed by atoms with Gasteiger partial charge in [-0.3, -0.25) is 4.79 Å². The predicted octanol–water partition coefficient (Wildman–Crippen LogP) is 2.39. The second-order valence-corrected chi connectivity index (χ2v) is 8.79. The summed E-state index contributed by atoms with van der Waals surface area (Å²) in [5.74, 6) is 2.32. The lowest BCUT2D eigenvalue weighted by Gasteiger charge is -2.33. The van der Waals surface area contributed by atoms with Crippen LogP contribution in [0.1, 0.15) is 31.9 Å². The van der Waals surface area contributed by atoms with Gasteiger partial charge in [-0.05, 0) is 50.8 Å². The average Bonchev–Trinajstić information content (AvgIpc) is 3.16. The van der Waals surface area contributed by atoms with E-state index in [4.69, 9.17) is 19.4 Å². The molecule has 0 aliphatic carbocycles.